The second-order valence-electron chi connectivity index (χ2n) is 3.73. The molecule has 2 rings (SSSR count). The number of nitrogens with two attached hydrogens (primary N) is 1. The van der Waals surface area contributed by atoms with Gasteiger partial charge in [0.2, 0.25) is 0 Å². The predicted octanol–water partition coefficient (Wildman–Crippen LogP) is 1.32. The van der Waals surface area contributed by atoms with Gasteiger partial charge in [0, 0.05) is 18.0 Å². The lowest BCUT2D eigenvalue weighted by Gasteiger charge is -2.15. The zero-order valence-corrected chi connectivity index (χ0v) is 9.41. The summed E-state index contributed by atoms with van der Waals surface area (Å²) >= 11 is 6.04. The summed E-state index contributed by atoms with van der Waals surface area (Å²) in [6.45, 7) is 0.362. The average Bonchev–Trinajstić information content (AvgIpc) is 2.62. The van der Waals surface area contributed by atoms with Crippen LogP contribution in [0.4, 0.5) is 4.79 Å². The van der Waals surface area contributed by atoms with Gasteiger partial charge >= 0.3 is 6.09 Å². The van der Waals surface area contributed by atoms with Gasteiger partial charge in [0.1, 0.15) is 6.10 Å². The van der Waals surface area contributed by atoms with Crippen LogP contribution in [-0.4, -0.2) is 24.8 Å². The van der Waals surface area contributed by atoms with Gasteiger partial charge in [-0.1, -0.05) is 29.8 Å². The standard InChI is InChI=1S/C11H13ClN2O2/c12-8-4-2-1-3-7(8)5-10-9(6-13)14-11(15)16-10/h1-4,9-10H,5-6,13H2,(H,14,15). The number of amides is 1. The Morgan fingerprint density at radius 1 is 1.44 bits per heavy atom. The predicted molar refractivity (Wildman–Crippen MR) is 61.4 cm³/mol. The molecular weight excluding hydrogens is 228 g/mol. The fraction of sp³-hybridized carbons (Fsp3) is 0.364. The number of ether oxygens (including phenoxy) is 1. The van der Waals surface area contributed by atoms with Crippen LogP contribution in [0.2, 0.25) is 5.02 Å². The summed E-state index contributed by atoms with van der Waals surface area (Å²) in [7, 11) is 0. The van der Waals surface area contributed by atoms with Crippen LogP contribution in [0.3, 0.4) is 0 Å². The second kappa shape index (κ2) is 4.72. The Kier molecular flexibility index (Phi) is 3.31. The molecular formula is C11H13ClN2O2. The monoisotopic (exact) mass is 240 g/mol. The molecule has 4 nitrogen and oxygen atoms in total. The van der Waals surface area contributed by atoms with Crippen LogP contribution in [0, 0.1) is 0 Å². The molecule has 1 aliphatic heterocycles. The molecule has 0 radical (unpaired) electrons. The van der Waals surface area contributed by atoms with Crippen molar-refractivity contribution in [3.63, 3.8) is 0 Å². The highest BCUT2D eigenvalue weighted by Gasteiger charge is 2.33. The maximum Gasteiger partial charge on any atom is 0.407 e. The molecule has 86 valence electrons. The summed E-state index contributed by atoms with van der Waals surface area (Å²) in [4.78, 5) is 11.1. The Bertz CT molecular complexity index is 397. The molecule has 3 N–H and O–H groups in total. The van der Waals surface area contributed by atoms with Crippen LogP contribution in [-0.2, 0) is 11.2 Å². The van der Waals surface area contributed by atoms with Gasteiger partial charge in [0.05, 0.1) is 6.04 Å². The first-order valence-corrected chi connectivity index (χ1v) is 5.49. The molecule has 16 heavy (non-hydrogen) atoms. The quantitative estimate of drug-likeness (QED) is 0.838. The molecule has 1 aromatic carbocycles. The molecule has 1 heterocycles. The Hall–Kier alpha value is -1.26. The van der Waals surface area contributed by atoms with E-state index in [2.05, 4.69) is 5.32 Å². The Balaban J connectivity index is 2.10. The Morgan fingerprint density at radius 2 is 2.19 bits per heavy atom. The molecule has 0 saturated carbocycles. The number of nitrogens with one attached hydrogen (secondary N) is 1. The van der Waals surface area contributed by atoms with Crippen LogP contribution < -0.4 is 11.1 Å². The number of rotatable bonds is 3. The molecule has 1 fully saturated rings. The van der Waals surface area contributed by atoms with Crippen molar-refractivity contribution in [2.24, 2.45) is 5.73 Å². The van der Waals surface area contributed by atoms with E-state index in [0.29, 0.717) is 18.0 Å². The normalized spacial score (nSPS) is 24.0. The summed E-state index contributed by atoms with van der Waals surface area (Å²) in [6.07, 6.45) is -0.0646. The summed E-state index contributed by atoms with van der Waals surface area (Å²) in [5, 5.41) is 3.35. The molecule has 1 amide bonds. The molecule has 1 aromatic rings. The molecule has 2 unspecified atom stereocenters. The first-order chi connectivity index (χ1) is 7.70. The second-order valence-corrected chi connectivity index (χ2v) is 4.13. The number of alkyl carbamates (subject to hydrolysis) is 1. The van der Waals surface area contributed by atoms with E-state index in [9.17, 15) is 4.79 Å². The van der Waals surface area contributed by atoms with Gasteiger partial charge in [-0.15, -0.1) is 0 Å². The number of carbonyl (C=O) groups excluding carboxylic acids is 1. The van der Waals surface area contributed by atoms with E-state index in [1.165, 1.54) is 0 Å². The lowest BCUT2D eigenvalue weighted by atomic mass is 10.0. The number of halogens is 1. The Morgan fingerprint density at radius 3 is 2.88 bits per heavy atom. The largest absolute Gasteiger partial charge is 0.444 e. The lowest BCUT2D eigenvalue weighted by molar-refractivity contribution is 0.132. The van der Waals surface area contributed by atoms with Gasteiger partial charge in [-0.2, -0.15) is 0 Å². The van der Waals surface area contributed by atoms with Gasteiger partial charge in [-0.3, -0.25) is 0 Å². The minimum atomic E-state index is -0.410. The highest BCUT2D eigenvalue weighted by atomic mass is 35.5. The molecule has 1 aliphatic rings. The molecule has 0 aliphatic carbocycles. The van der Waals surface area contributed by atoms with E-state index in [1.54, 1.807) is 0 Å². The van der Waals surface area contributed by atoms with E-state index >= 15 is 0 Å². The average molecular weight is 241 g/mol. The fourth-order valence-electron chi connectivity index (χ4n) is 1.77. The van der Waals surface area contributed by atoms with Gasteiger partial charge in [0.25, 0.3) is 0 Å². The number of hydrogen-bond acceptors (Lipinski definition) is 3. The minimum absolute atomic E-state index is 0.135. The van der Waals surface area contributed by atoms with Crippen molar-refractivity contribution in [3.8, 4) is 0 Å². The number of carbonyl (C=O) groups is 1. The first-order valence-electron chi connectivity index (χ1n) is 5.11. The van der Waals surface area contributed by atoms with E-state index < -0.39 is 6.09 Å². The van der Waals surface area contributed by atoms with Gasteiger partial charge < -0.3 is 15.8 Å². The minimum Gasteiger partial charge on any atom is -0.444 e. The highest BCUT2D eigenvalue weighted by molar-refractivity contribution is 6.31. The van der Waals surface area contributed by atoms with E-state index in [1.807, 2.05) is 24.3 Å². The molecule has 2 atom stereocenters. The topological polar surface area (TPSA) is 64.3 Å². The van der Waals surface area contributed by atoms with Crippen molar-refractivity contribution < 1.29 is 9.53 Å². The third kappa shape index (κ3) is 2.28. The van der Waals surface area contributed by atoms with Gasteiger partial charge in [0.15, 0.2) is 0 Å². The van der Waals surface area contributed by atoms with Crippen molar-refractivity contribution in [1.29, 1.82) is 0 Å². The summed E-state index contributed by atoms with van der Waals surface area (Å²) in [5.74, 6) is 0. The third-order valence-electron chi connectivity index (χ3n) is 2.64. The fourth-order valence-corrected chi connectivity index (χ4v) is 1.99. The summed E-state index contributed by atoms with van der Waals surface area (Å²) in [6, 6.07) is 7.37. The van der Waals surface area contributed by atoms with Crippen molar-refractivity contribution in [2.75, 3.05) is 6.54 Å². The smallest absolute Gasteiger partial charge is 0.407 e. The van der Waals surface area contributed by atoms with Crippen molar-refractivity contribution in [3.05, 3.63) is 34.9 Å². The lowest BCUT2D eigenvalue weighted by Crippen LogP contribution is -2.39. The zero-order chi connectivity index (χ0) is 11.5. The van der Waals surface area contributed by atoms with Gasteiger partial charge in [-0.25, -0.2) is 4.79 Å². The third-order valence-corrected chi connectivity index (χ3v) is 3.01. The molecule has 0 aromatic heterocycles. The summed E-state index contributed by atoms with van der Waals surface area (Å²) < 4.78 is 5.14. The maximum absolute atomic E-state index is 11.1. The maximum atomic E-state index is 11.1. The molecule has 5 heteroatoms. The Labute approximate surface area is 98.7 Å². The van der Waals surface area contributed by atoms with Crippen LogP contribution in [0.15, 0.2) is 24.3 Å². The SMILES string of the molecule is NCC1NC(=O)OC1Cc1ccccc1Cl. The van der Waals surface area contributed by atoms with E-state index in [0.717, 1.165) is 5.56 Å². The zero-order valence-electron chi connectivity index (χ0n) is 8.65. The number of benzene rings is 1. The first kappa shape index (κ1) is 11.2. The van der Waals surface area contributed by atoms with E-state index in [4.69, 9.17) is 22.1 Å². The number of cyclic esters (lactones) is 1. The van der Waals surface area contributed by atoms with Crippen molar-refractivity contribution >= 4 is 17.7 Å². The molecule has 0 bridgehead atoms. The van der Waals surface area contributed by atoms with E-state index in [-0.39, 0.29) is 12.1 Å². The van der Waals surface area contributed by atoms with Crippen LogP contribution >= 0.6 is 11.6 Å². The van der Waals surface area contributed by atoms with Crippen LogP contribution in [0.25, 0.3) is 0 Å². The molecule has 1 saturated heterocycles. The summed E-state index contributed by atoms with van der Waals surface area (Å²) in [5.41, 5.74) is 6.51. The van der Waals surface area contributed by atoms with Crippen molar-refractivity contribution in [2.45, 2.75) is 18.6 Å². The van der Waals surface area contributed by atoms with Crippen LogP contribution in [0.5, 0.6) is 0 Å². The number of hydrogen-bond donors (Lipinski definition) is 2. The highest BCUT2D eigenvalue weighted by Crippen LogP contribution is 2.20. The van der Waals surface area contributed by atoms with Crippen LogP contribution in [0.1, 0.15) is 5.56 Å². The van der Waals surface area contributed by atoms with Gasteiger partial charge in [-0.05, 0) is 11.6 Å². The van der Waals surface area contributed by atoms with Crippen molar-refractivity contribution in [1.82, 2.24) is 5.32 Å². The molecule has 0 spiro atoms.